The molecule has 0 radical (unpaired) electrons. The number of ether oxygens (including phenoxy) is 1. The standard InChI is InChI=1S/C19H15N3O3S/c1-25-18-15-8(23)4-9-19(18)5-10(26-9)21-14-12(19)16-11-7(2-3-22(15)16)6-20-13(11)17(14)24/h4,6,10,15,18,24H,2-3,5H2,1H3/t10-,15?,18-,19+/m0/s1. The highest BCUT2D eigenvalue weighted by molar-refractivity contribution is 8.04. The number of thioether (sulfide) groups is 1. The van der Waals surface area contributed by atoms with Crippen molar-refractivity contribution >= 4 is 40.7 Å². The van der Waals surface area contributed by atoms with E-state index in [2.05, 4.69) is 4.99 Å². The first kappa shape index (κ1) is 14.1. The van der Waals surface area contributed by atoms with Gasteiger partial charge in [-0.2, -0.15) is 0 Å². The first-order valence-electron chi connectivity index (χ1n) is 8.99. The second-order valence-corrected chi connectivity index (χ2v) is 9.10. The van der Waals surface area contributed by atoms with Crippen LogP contribution in [0.15, 0.2) is 21.0 Å². The zero-order valence-electron chi connectivity index (χ0n) is 14.0. The van der Waals surface area contributed by atoms with E-state index in [1.165, 1.54) is 0 Å². The Balaban J connectivity index is 1.77. The van der Waals surface area contributed by atoms with Crippen molar-refractivity contribution in [1.29, 1.82) is 0 Å². The Hall–Kier alpha value is -1.96. The average molecular weight is 365 g/mol. The van der Waals surface area contributed by atoms with Crippen LogP contribution in [0.25, 0.3) is 5.57 Å². The molecule has 7 rings (SSSR count). The van der Waals surface area contributed by atoms with E-state index in [0.29, 0.717) is 11.0 Å². The molecule has 0 aromatic heterocycles. The number of hydrogen-bond acceptors (Lipinski definition) is 6. The predicted octanol–water partition coefficient (Wildman–Crippen LogP) is -1.26. The predicted molar refractivity (Wildman–Crippen MR) is 93.7 cm³/mol. The van der Waals surface area contributed by atoms with Crippen LogP contribution in [-0.4, -0.2) is 43.2 Å². The Morgan fingerprint density at radius 3 is 3.19 bits per heavy atom. The van der Waals surface area contributed by atoms with Crippen LogP contribution in [0.2, 0.25) is 0 Å². The zero-order chi connectivity index (χ0) is 17.4. The van der Waals surface area contributed by atoms with Gasteiger partial charge in [0, 0.05) is 24.7 Å². The molecule has 7 heteroatoms. The summed E-state index contributed by atoms with van der Waals surface area (Å²) in [5.74, 6) is 0.0874. The first-order chi connectivity index (χ1) is 12.6. The van der Waals surface area contributed by atoms with Gasteiger partial charge in [-0.25, -0.2) is 0 Å². The summed E-state index contributed by atoms with van der Waals surface area (Å²) in [4.78, 5) is 24.5. The molecule has 6 nitrogen and oxygen atoms in total. The SMILES string of the molecule is CO[C@H]1C2C(=O)C=C3S[C@H]4C[C@]31c1c3c5c(c([O-])c1=N4)N=CC=5CC[NH+]32. The number of ketones is 1. The van der Waals surface area contributed by atoms with E-state index in [9.17, 15) is 9.90 Å². The summed E-state index contributed by atoms with van der Waals surface area (Å²) in [6, 6.07) is -0.245. The fraction of sp³-hybridized carbons (Fsp3) is 0.421. The number of nitrogens with zero attached hydrogens (tertiary/aromatic N) is 2. The van der Waals surface area contributed by atoms with E-state index in [1.54, 1.807) is 18.9 Å². The van der Waals surface area contributed by atoms with Crippen LogP contribution < -0.4 is 20.6 Å². The third kappa shape index (κ3) is 1.23. The molecule has 1 spiro atoms. The van der Waals surface area contributed by atoms with Gasteiger partial charge in [0.15, 0.2) is 6.04 Å². The highest BCUT2D eigenvalue weighted by Gasteiger charge is 2.67. The normalized spacial score (nSPS) is 39.2. The van der Waals surface area contributed by atoms with Gasteiger partial charge in [0.05, 0.1) is 33.8 Å². The number of nitrogens with one attached hydrogen (secondary N) is 1. The number of carbonyl (C=O) groups is 1. The van der Waals surface area contributed by atoms with Gasteiger partial charge in [0.1, 0.15) is 17.2 Å². The van der Waals surface area contributed by atoms with Crippen LogP contribution in [0.4, 0.5) is 11.4 Å². The number of fused-ring (bicyclic) bond motifs is 3. The van der Waals surface area contributed by atoms with E-state index in [1.807, 2.05) is 12.3 Å². The van der Waals surface area contributed by atoms with E-state index >= 15 is 0 Å². The molecule has 5 aliphatic heterocycles. The molecule has 2 unspecified atom stereocenters. The molecule has 1 N–H and O–H groups in total. The largest absolute Gasteiger partial charge is 0.870 e. The molecule has 5 heterocycles. The van der Waals surface area contributed by atoms with Crippen molar-refractivity contribution in [3.05, 3.63) is 27.1 Å². The molecule has 3 bridgehead atoms. The Bertz CT molecular complexity index is 1150. The number of methoxy groups -OCH3 is 1. The third-order valence-electron chi connectivity index (χ3n) is 6.98. The van der Waals surface area contributed by atoms with Crippen LogP contribution in [-0.2, 0) is 14.9 Å². The number of hydrogen-bond donors (Lipinski definition) is 1. The van der Waals surface area contributed by atoms with Crippen molar-refractivity contribution in [3.63, 3.8) is 0 Å². The number of rotatable bonds is 1. The van der Waals surface area contributed by atoms with Gasteiger partial charge in [0.25, 0.3) is 0 Å². The summed E-state index contributed by atoms with van der Waals surface area (Å²) in [6.45, 7) is 0.824. The molecule has 1 saturated heterocycles. The highest BCUT2D eigenvalue weighted by Crippen LogP contribution is 2.60. The molecule has 6 aliphatic rings. The van der Waals surface area contributed by atoms with Crippen molar-refractivity contribution in [2.45, 2.75) is 35.8 Å². The lowest BCUT2D eigenvalue weighted by Crippen LogP contribution is -3.17. The summed E-state index contributed by atoms with van der Waals surface area (Å²) in [6.07, 6.45) is 5.07. The molecule has 26 heavy (non-hydrogen) atoms. The summed E-state index contributed by atoms with van der Waals surface area (Å²) in [7, 11) is 1.70. The monoisotopic (exact) mass is 365 g/mol. The molecule has 0 amide bonds. The molecule has 1 fully saturated rings. The molecule has 130 valence electrons. The van der Waals surface area contributed by atoms with Gasteiger partial charge in [0.2, 0.25) is 5.78 Å². The fourth-order valence-corrected chi connectivity index (χ4v) is 7.63. The first-order valence-corrected chi connectivity index (χ1v) is 9.87. The van der Waals surface area contributed by atoms with Crippen LogP contribution in [0.1, 0.15) is 18.4 Å². The van der Waals surface area contributed by atoms with Crippen LogP contribution in [0.5, 0.6) is 5.75 Å². The van der Waals surface area contributed by atoms with Crippen molar-refractivity contribution in [2.75, 3.05) is 13.7 Å². The molecular weight excluding hydrogens is 350 g/mol. The minimum atomic E-state index is -0.391. The summed E-state index contributed by atoms with van der Waals surface area (Å²) in [5.41, 5.74) is 3.41. The topological polar surface area (TPSA) is 78.5 Å². The molecule has 1 aliphatic carbocycles. The van der Waals surface area contributed by atoms with Crippen molar-refractivity contribution in [3.8, 4) is 5.75 Å². The highest BCUT2D eigenvalue weighted by atomic mass is 32.2. The van der Waals surface area contributed by atoms with E-state index in [0.717, 1.165) is 51.2 Å². The quantitative estimate of drug-likeness (QED) is 0.674. The molecule has 1 aromatic carbocycles. The van der Waals surface area contributed by atoms with Gasteiger partial charge >= 0.3 is 0 Å². The maximum Gasteiger partial charge on any atom is 0.216 e. The molecule has 1 aromatic rings. The van der Waals surface area contributed by atoms with E-state index < -0.39 is 5.41 Å². The Kier molecular flexibility index (Phi) is 2.25. The van der Waals surface area contributed by atoms with Crippen molar-refractivity contribution in [1.82, 2.24) is 0 Å². The van der Waals surface area contributed by atoms with Gasteiger partial charge in [-0.05, 0) is 18.1 Å². The second-order valence-electron chi connectivity index (χ2n) is 7.88. The van der Waals surface area contributed by atoms with Gasteiger partial charge in [-0.15, -0.1) is 11.8 Å². The lowest BCUT2D eigenvalue weighted by Gasteiger charge is -2.51. The Morgan fingerprint density at radius 1 is 1.46 bits per heavy atom. The number of benzene rings is 1. The maximum atomic E-state index is 13.2. The summed E-state index contributed by atoms with van der Waals surface area (Å²) in [5, 5.41) is 14.8. The van der Waals surface area contributed by atoms with E-state index in [4.69, 9.17) is 9.73 Å². The second kappa shape index (κ2) is 4.13. The number of carbonyl (C=O) groups excluding carboxylic acids is 1. The van der Waals surface area contributed by atoms with Crippen LogP contribution >= 0.6 is 11.8 Å². The fourth-order valence-electron chi connectivity index (χ4n) is 6.13. The van der Waals surface area contributed by atoms with Gasteiger partial charge in [-0.3, -0.25) is 19.7 Å². The maximum absolute atomic E-state index is 13.2. The zero-order valence-corrected chi connectivity index (χ0v) is 14.9. The van der Waals surface area contributed by atoms with Gasteiger partial charge < -0.3 is 9.84 Å². The Morgan fingerprint density at radius 2 is 2.35 bits per heavy atom. The smallest absolute Gasteiger partial charge is 0.216 e. The lowest BCUT2D eigenvalue weighted by molar-refractivity contribution is -0.859. The van der Waals surface area contributed by atoms with Gasteiger partial charge in [-0.1, -0.05) is 5.75 Å². The van der Waals surface area contributed by atoms with Crippen molar-refractivity contribution in [2.24, 2.45) is 9.98 Å². The Labute approximate surface area is 153 Å². The minimum Gasteiger partial charge on any atom is -0.870 e. The summed E-state index contributed by atoms with van der Waals surface area (Å²) < 4.78 is 6.00. The number of quaternary nitrogens is 1. The van der Waals surface area contributed by atoms with Crippen molar-refractivity contribution < 1.29 is 19.5 Å². The number of aliphatic imine (C=N–C) groups is 1. The van der Waals surface area contributed by atoms with Crippen LogP contribution in [0.3, 0.4) is 0 Å². The third-order valence-corrected chi connectivity index (χ3v) is 8.26. The lowest BCUT2D eigenvalue weighted by atomic mass is 9.61. The summed E-state index contributed by atoms with van der Waals surface area (Å²) >= 11 is 1.63. The van der Waals surface area contributed by atoms with E-state index in [-0.39, 0.29) is 29.1 Å². The van der Waals surface area contributed by atoms with Crippen LogP contribution in [0, 0.1) is 0 Å². The minimum absolute atomic E-state index is 0.0186. The molecule has 5 atom stereocenters. The molecular formula is C19H15N3O3S. The average Bonchev–Trinajstić information content (AvgIpc) is 3.18. The molecule has 0 saturated carbocycles.